The van der Waals surface area contributed by atoms with Gasteiger partial charge < -0.3 is 28.8 Å². The molecule has 3 aliphatic heterocycles. The van der Waals surface area contributed by atoms with E-state index in [0.717, 1.165) is 0 Å². The molecule has 0 bridgehead atoms. The van der Waals surface area contributed by atoms with Crippen LogP contribution in [0.25, 0.3) is 0 Å². The molecule has 0 aromatic heterocycles. The van der Waals surface area contributed by atoms with Crippen molar-refractivity contribution in [1.29, 1.82) is 0 Å². The largest absolute Gasteiger partial charge is 0.394 e. The van der Waals surface area contributed by atoms with Gasteiger partial charge in [0.15, 0.2) is 18.9 Å². The first-order valence-corrected chi connectivity index (χ1v) is 5.46. The Morgan fingerprint density at radius 1 is 1.12 bits per heavy atom. The summed E-state index contributed by atoms with van der Waals surface area (Å²) in [5, 5.41) is 9.27. The fourth-order valence-corrected chi connectivity index (χ4v) is 2.48. The monoisotopic (exact) mass is 232 g/mol. The van der Waals surface area contributed by atoms with Crippen LogP contribution in [0.5, 0.6) is 0 Å². The number of aliphatic hydroxyl groups is 1. The summed E-state index contributed by atoms with van der Waals surface area (Å²) in [6, 6.07) is 0. The van der Waals surface area contributed by atoms with E-state index in [1.165, 1.54) is 0 Å². The summed E-state index contributed by atoms with van der Waals surface area (Å²) in [5.41, 5.74) is 0. The maximum Gasteiger partial charge on any atom is 0.189 e. The van der Waals surface area contributed by atoms with Crippen LogP contribution in [-0.4, -0.2) is 55.0 Å². The van der Waals surface area contributed by atoms with E-state index in [4.69, 9.17) is 23.7 Å². The zero-order valence-electron chi connectivity index (χ0n) is 9.29. The molecule has 5 atom stereocenters. The fraction of sp³-hybridized carbons (Fsp3) is 1.00. The Balaban J connectivity index is 1.85. The van der Waals surface area contributed by atoms with Crippen LogP contribution in [-0.2, 0) is 23.7 Å². The van der Waals surface area contributed by atoms with Crippen molar-refractivity contribution in [3.63, 3.8) is 0 Å². The molecule has 1 unspecified atom stereocenters. The van der Waals surface area contributed by atoms with Gasteiger partial charge in [0.1, 0.15) is 24.4 Å². The number of fused-ring (bicyclic) bond motifs is 3. The van der Waals surface area contributed by atoms with Crippen LogP contribution in [0.3, 0.4) is 0 Å². The molecule has 3 saturated heterocycles. The van der Waals surface area contributed by atoms with E-state index in [-0.39, 0.29) is 31.7 Å². The van der Waals surface area contributed by atoms with Crippen molar-refractivity contribution in [2.75, 3.05) is 13.4 Å². The molecule has 3 fully saturated rings. The van der Waals surface area contributed by atoms with Gasteiger partial charge in [0.25, 0.3) is 0 Å². The van der Waals surface area contributed by atoms with E-state index in [1.54, 1.807) is 0 Å². The summed E-state index contributed by atoms with van der Waals surface area (Å²) >= 11 is 0. The van der Waals surface area contributed by atoms with Gasteiger partial charge in [0.2, 0.25) is 0 Å². The molecule has 3 aliphatic rings. The Morgan fingerprint density at radius 2 is 1.88 bits per heavy atom. The Kier molecular flexibility index (Phi) is 2.47. The van der Waals surface area contributed by atoms with Gasteiger partial charge in [-0.15, -0.1) is 0 Å². The smallest absolute Gasteiger partial charge is 0.189 e. The standard InChI is InChI=1S/C10H16O6/c1-10(2)15-6-5(3-11)14-9-8(7(6)16-10)12-4-13-9/h5-9,11H,3-4H2,1-2H3/t5?,6-,7-,8+,9-/m1/s1. The summed E-state index contributed by atoms with van der Waals surface area (Å²) in [6.07, 6.45) is -1.70. The second-order valence-electron chi connectivity index (χ2n) is 4.71. The average Bonchev–Trinajstić information content (AvgIpc) is 2.78. The van der Waals surface area contributed by atoms with Crippen molar-refractivity contribution >= 4 is 0 Å². The summed E-state index contributed by atoms with van der Waals surface area (Å²) in [4.78, 5) is 0. The van der Waals surface area contributed by atoms with Gasteiger partial charge in [-0.3, -0.25) is 0 Å². The summed E-state index contributed by atoms with van der Waals surface area (Å²) < 4.78 is 27.8. The second kappa shape index (κ2) is 3.63. The van der Waals surface area contributed by atoms with Crippen LogP contribution in [0.15, 0.2) is 0 Å². The van der Waals surface area contributed by atoms with Crippen LogP contribution in [0.2, 0.25) is 0 Å². The summed E-state index contributed by atoms with van der Waals surface area (Å²) in [6.45, 7) is 3.75. The topological polar surface area (TPSA) is 66.4 Å². The predicted octanol–water partition coefficient (Wildman–Crippen LogP) is -0.403. The first-order valence-electron chi connectivity index (χ1n) is 5.46. The third kappa shape index (κ3) is 1.57. The molecule has 0 aromatic carbocycles. The Hall–Kier alpha value is -0.240. The van der Waals surface area contributed by atoms with Crippen LogP contribution in [0.1, 0.15) is 13.8 Å². The molecule has 6 nitrogen and oxygen atoms in total. The fourth-order valence-electron chi connectivity index (χ4n) is 2.48. The number of ether oxygens (including phenoxy) is 5. The number of rotatable bonds is 1. The van der Waals surface area contributed by atoms with Gasteiger partial charge in [-0.05, 0) is 13.8 Å². The molecule has 0 spiro atoms. The molecule has 0 radical (unpaired) electrons. The molecule has 16 heavy (non-hydrogen) atoms. The van der Waals surface area contributed by atoms with E-state index >= 15 is 0 Å². The molecule has 0 aliphatic carbocycles. The highest BCUT2D eigenvalue weighted by Crippen LogP contribution is 2.40. The third-order valence-electron chi connectivity index (χ3n) is 3.10. The zero-order valence-corrected chi connectivity index (χ0v) is 9.29. The quantitative estimate of drug-likeness (QED) is 0.663. The Labute approximate surface area is 93.4 Å². The lowest BCUT2D eigenvalue weighted by molar-refractivity contribution is -0.227. The van der Waals surface area contributed by atoms with Crippen molar-refractivity contribution in [3.05, 3.63) is 0 Å². The van der Waals surface area contributed by atoms with Gasteiger partial charge in [0, 0.05) is 0 Å². The molecule has 0 saturated carbocycles. The maximum atomic E-state index is 9.27. The zero-order chi connectivity index (χ0) is 11.3. The lowest BCUT2D eigenvalue weighted by Crippen LogP contribution is -2.56. The second-order valence-corrected chi connectivity index (χ2v) is 4.71. The minimum Gasteiger partial charge on any atom is -0.394 e. The van der Waals surface area contributed by atoms with E-state index in [2.05, 4.69) is 0 Å². The van der Waals surface area contributed by atoms with Gasteiger partial charge in [-0.1, -0.05) is 0 Å². The summed E-state index contributed by atoms with van der Waals surface area (Å²) in [7, 11) is 0. The maximum absolute atomic E-state index is 9.27. The lowest BCUT2D eigenvalue weighted by Gasteiger charge is -2.36. The molecule has 0 amide bonds. The molecule has 1 N–H and O–H groups in total. The lowest BCUT2D eigenvalue weighted by atomic mass is 9.99. The molecule has 3 rings (SSSR count). The van der Waals surface area contributed by atoms with Gasteiger partial charge in [0.05, 0.1) is 6.61 Å². The number of aliphatic hydroxyl groups excluding tert-OH is 1. The SMILES string of the molecule is CC1(C)O[C@H]2[C@@H]3OCO[C@@H]3OC(CO)[C@H]2O1. The first-order chi connectivity index (χ1) is 7.61. The van der Waals surface area contributed by atoms with Crippen molar-refractivity contribution in [3.8, 4) is 0 Å². The average molecular weight is 232 g/mol. The van der Waals surface area contributed by atoms with E-state index in [0.29, 0.717) is 0 Å². The highest BCUT2D eigenvalue weighted by molar-refractivity contribution is 4.98. The minimum absolute atomic E-state index is 0.118. The van der Waals surface area contributed by atoms with Crippen molar-refractivity contribution in [1.82, 2.24) is 0 Å². The third-order valence-corrected chi connectivity index (χ3v) is 3.10. The van der Waals surface area contributed by atoms with Crippen molar-refractivity contribution < 1.29 is 28.8 Å². The van der Waals surface area contributed by atoms with E-state index in [1.807, 2.05) is 13.8 Å². The number of hydrogen-bond donors (Lipinski definition) is 1. The van der Waals surface area contributed by atoms with Gasteiger partial charge in [-0.25, -0.2) is 0 Å². The predicted molar refractivity (Wildman–Crippen MR) is 50.4 cm³/mol. The minimum atomic E-state index is -0.674. The van der Waals surface area contributed by atoms with E-state index < -0.39 is 18.2 Å². The molecular formula is C10H16O6. The van der Waals surface area contributed by atoms with Crippen LogP contribution < -0.4 is 0 Å². The Bertz CT molecular complexity index is 280. The summed E-state index contributed by atoms with van der Waals surface area (Å²) in [5.74, 6) is -0.674. The highest BCUT2D eigenvalue weighted by atomic mass is 16.8. The van der Waals surface area contributed by atoms with Gasteiger partial charge >= 0.3 is 0 Å². The Morgan fingerprint density at radius 3 is 2.62 bits per heavy atom. The van der Waals surface area contributed by atoms with Crippen molar-refractivity contribution in [2.45, 2.75) is 50.3 Å². The van der Waals surface area contributed by atoms with E-state index in [9.17, 15) is 5.11 Å². The van der Waals surface area contributed by atoms with Gasteiger partial charge in [-0.2, -0.15) is 0 Å². The van der Waals surface area contributed by atoms with Crippen LogP contribution in [0, 0.1) is 0 Å². The highest BCUT2D eigenvalue weighted by Gasteiger charge is 2.57. The van der Waals surface area contributed by atoms with Crippen LogP contribution in [0.4, 0.5) is 0 Å². The molecule has 92 valence electrons. The van der Waals surface area contributed by atoms with Crippen molar-refractivity contribution in [2.24, 2.45) is 0 Å². The molecular weight excluding hydrogens is 216 g/mol. The normalized spacial score (nSPS) is 50.1. The molecule has 6 heteroatoms. The van der Waals surface area contributed by atoms with Crippen LogP contribution >= 0.6 is 0 Å². The molecule has 0 aromatic rings. The molecule has 3 heterocycles. The number of hydrogen-bond acceptors (Lipinski definition) is 6. The first kappa shape index (κ1) is 10.9.